The maximum Gasteiger partial charge on any atom is 0.245 e. The van der Waals surface area contributed by atoms with Gasteiger partial charge in [0, 0.05) is 20.3 Å². The van der Waals surface area contributed by atoms with Gasteiger partial charge in [-0.2, -0.15) is 0 Å². The van der Waals surface area contributed by atoms with Crippen LogP contribution in [0.1, 0.15) is 40.0 Å². The number of nitrogens with zero attached hydrogens (tertiary/aromatic N) is 1. The number of carbonyl (C=O) groups is 2. The number of carbonyl (C=O) groups excluding carboxylic acids is 2. The standard InChI is InChI=1S/C14H26N2O3/c1-10(2)12-13(17)15-11(3)14(18)16(12)8-6-5-7-9-19-4/h10-12H,5-9H2,1-4H3,(H,15,17). The fourth-order valence-corrected chi connectivity index (χ4v) is 2.51. The molecule has 0 aliphatic carbocycles. The van der Waals surface area contributed by atoms with Gasteiger partial charge in [-0.1, -0.05) is 13.8 Å². The first-order valence-corrected chi connectivity index (χ1v) is 7.08. The zero-order chi connectivity index (χ0) is 14.4. The number of methoxy groups -OCH3 is 1. The molecule has 1 rings (SSSR count). The van der Waals surface area contributed by atoms with E-state index in [0.717, 1.165) is 25.9 Å². The summed E-state index contributed by atoms with van der Waals surface area (Å²) in [5.41, 5.74) is 0. The second-order valence-electron chi connectivity index (χ2n) is 5.50. The van der Waals surface area contributed by atoms with Crippen molar-refractivity contribution in [3.63, 3.8) is 0 Å². The van der Waals surface area contributed by atoms with Gasteiger partial charge in [0.2, 0.25) is 11.8 Å². The molecule has 2 unspecified atom stereocenters. The lowest BCUT2D eigenvalue weighted by atomic mass is 9.97. The van der Waals surface area contributed by atoms with Crippen LogP contribution in [-0.4, -0.2) is 49.1 Å². The molecule has 2 atom stereocenters. The van der Waals surface area contributed by atoms with E-state index in [1.54, 1.807) is 18.9 Å². The Morgan fingerprint density at radius 1 is 1.26 bits per heavy atom. The monoisotopic (exact) mass is 270 g/mol. The molecule has 0 radical (unpaired) electrons. The third-order valence-corrected chi connectivity index (χ3v) is 3.50. The van der Waals surface area contributed by atoms with Crippen molar-refractivity contribution in [3.05, 3.63) is 0 Å². The fraction of sp³-hybridized carbons (Fsp3) is 0.857. The van der Waals surface area contributed by atoms with Crippen LogP contribution < -0.4 is 5.32 Å². The maximum atomic E-state index is 12.2. The van der Waals surface area contributed by atoms with Crippen molar-refractivity contribution < 1.29 is 14.3 Å². The average molecular weight is 270 g/mol. The topological polar surface area (TPSA) is 58.6 Å². The van der Waals surface area contributed by atoms with Crippen molar-refractivity contribution in [2.75, 3.05) is 20.3 Å². The first kappa shape index (κ1) is 16.0. The van der Waals surface area contributed by atoms with Crippen molar-refractivity contribution in [2.24, 2.45) is 5.92 Å². The zero-order valence-electron chi connectivity index (χ0n) is 12.4. The van der Waals surface area contributed by atoms with E-state index in [2.05, 4.69) is 5.32 Å². The Kier molecular flexibility index (Phi) is 6.28. The zero-order valence-corrected chi connectivity index (χ0v) is 12.4. The van der Waals surface area contributed by atoms with Crippen molar-refractivity contribution in [3.8, 4) is 0 Å². The predicted molar refractivity (Wildman–Crippen MR) is 73.7 cm³/mol. The van der Waals surface area contributed by atoms with Gasteiger partial charge in [0.25, 0.3) is 0 Å². The molecule has 1 aliphatic rings. The Hall–Kier alpha value is -1.10. The van der Waals surface area contributed by atoms with Crippen LogP contribution in [0.4, 0.5) is 0 Å². The van der Waals surface area contributed by atoms with Gasteiger partial charge in [-0.25, -0.2) is 0 Å². The fourth-order valence-electron chi connectivity index (χ4n) is 2.51. The van der Waals surface area contributed by atoms with E-state index < -0.39 is 6.04 Å². The molecule has 1 saturated heterocycles. The molecule has 0 saturated carbocycles. The molecule has 19 heavy (non-hydrogen) atoms. The number of piperazine rings is 1. The van der Waals surface area contributed by atoms with Crippen LogP contribution in [0.5, 0.6) is 0 Å². The molecule has 1 fully saturated rings. The van der Waals surface area contributed by atoms with E-state index in [0.29, 0.717) is 6.54 Å². The van der Waals surface area contributed by atoms with Gasteiger partial charge in [0.15, 0.2) is 0 Å². The smallest absolute Gasteiger partial charge is 0.245 e. The van der Waals surface area contributed by atoms with Gasteiger partial charge >= 0.3 is 0 Å². The third-order valence-electron chi connectivity index (χ3n) is 3.50. The van der Waals surface area contributed by atoms with Gasteiger partial charge in [-0.15, -0.1) is 0 Å². The molecule has 1 N–H and O–H groups in total. The predicted octanol–water partition coefficient (Wildman–Crippen LogP) is 1.17. The van der Waals surface area contributed by atoms with Crippen LogP contribution in [0.25, 0.3) is 0 Å². The first-order valence-electron chi connectivity index (χ1n) is 7.08. The number of nitrogens with one attached hydrogen (secondary N) is 1. The number of unbranched alkanes of at least 4 members (excludes halogenated alkanes) is 2. The summed E-state index contributed by atoms with van der Waals surface area (Å²) in [5.74, 6) is 0.138. The Morgan fingerprint density at radius 2 is 1.95 bits per heavy atom. The summed E-state index contributed by atoms with van der Waals surface area (Å²) in [7, 11) is 1.69. The summed E-state index contributed by atoms with van der Waals surface area (Å²) in [6.45, 7) is 7.10. The number of ether oxygens (including phenoxy) is 1. The van der Waals surface area contributed by atoms with Crippen molar-refractivity contribution in [1.82, 2.24) is 10.2 Å². The van der Waals surface area contributed by atoms with E-state index in [-0.39, 0.29) is 23.8 Å². The van der Waals surface area contributed by atoms with E-state index in [4.69, 9.17) is 4.74 Å². The molecular formula is C14H26N2O3. The summed E-state index contributed by atoms with van der Waals surface area (Å²) < 4.78 is 5.00. The van der Waals surface area contributed by atoms with Crippen molar-refractivity contribution >= 4 is 11.8 Å². The van der Waals surface area contributed by atoms with Gasteiger partial charge in [-0.05, 0) is 32.1 Å². The summed E-state index contributed by atoms with van der Waals surface area (Å²) in [6.07, 6.45) is 2.92. The highest BCUT2D eigenvalue weighted by atomic mass is 16.5. The Balaban J connectivity index is 2.57. The highest BCUT2D eigenvalue weighted by molar-refractivity contribution is 5.96. The van der Waals surface area contributed by atoms with E-state index >= 15 is 0 Å². The first-order chi connectivity index (χ1) is 8.99. The molecule has 0 aromatic rings. The van der Waals surface area contributed by atoms with Crippen LogP contribution in [0.2, 0.25) is 0 Å². The normalized spacial score (nSPS) is 23.9. The second-order valence-corrected chi connectivity index (χ2v) is 5.50. The lowest BCUT2D eigenvalue weighted by Gasteiger charge is -2.40. The largest absolute Gasteiger partial charge is 0.385 e. The molecule has 0 spiro atoms. The number of rotatable bonds is 7. The summed E-state index contributed by atoms with van der Waals surface area (Å²) >= 11 is 0. The van der Waals surface area contributed by atoms with Crippen molar-refractivity contribution in [1.29, 1.82) is 0 Å². The molecule has 2 amide bonds. The van der Waals surface area contributed by atoms with Crippen LogP contribution in [0, 0.1) is 5.92 Å². The van der Waals surface area contributed by atoms with Gasteiger partial charge in [-0.3, -0.25) is 9.59 Å². The number of amides is 2. The Bertz CT molecular complexity index is 318. The average Bonchev–Trinajstić information content (AvgIpc) is 2.34. The molecule has 110 valence electrons. The molecule has 5 heteroatoms. The quantitative estimate of drug-likeness (QED) is 0.707. The minimum absolute atomic E-state index is 0.0287. The lowest BCUT2D eigenvalue weighted by molar-refractivity contribution is -0.150. The maximum absolute atomic E-state index is 12.2. The minimum atomic E-state index is -0.401. The molecule has 0 aromatic carbocycles. The summed E-state index contributed by atoms with van der Waals surface area (Å²) in [5, 5.41) is 2.75. The molecule has 1 aliphatic heterocycles. The van der Waals surface area contributed by atoms with Crippen LogP contribution >= 0.6 is 0 Å². The summed E-state index contributed by atoms with van der Waals surface area (Å²) in [6, 6.07) is -0.729. The number of hydrogen-bond acceptors (Lipinski definition) is 3. The molecule has 5 nitrogen and oxygen atoms in total. The third kappa shape index (κ3) is 4.20. The lowest BCUT2D eigenvalue weighted by Crippen LogP contribution is -2.64. The number of hydrogen-bond donors (Lipinski definition) is 1. The van der Waals surface area contributed by atoms with Crippen LogP contribution in [0.3, 0.4) is 0 Å². The van der Waals surface area contributed by atoms with E-state index in [9.17, 15) is 9.59 Å². The molecule has 0 bridgehead atoms. The minimum Gasteiger partial charge on any atom is -0.385 e. The van der Waals surface area contributed by atoms with E-state index in [1.807, 2.05) is 13.8 Å². The van der Waals surface area contributed by atoms with E-state index in [1.165, 1.54) is 0 Å². The highest BCUT2D eigenvalue weighted by Crippen LogP contribution is 2.18. The Labute approximate surface area is 115 Å². The Morgan fingerprint density at radius 3 is 2.53 bits per heavy atom. The van der Waals surface area contributed by atoms with Crippen molar-refractivity contribution in [2.45, 2.75) is 52.1 Å². The second kappa shape index (κ2) is 7.48. The summed E-state index contributed by atoms with van der Waals surface area (Å²) in [4.78, 5) is 26.0. The SMILES string of the molecule is COCCCCCN1C(=O)C(C)NC(=O)C1C(C)C. The van der Waals surface area contributed by atoms with Crippen LogP contribution in [0.15, 0.2) is 0 Å². The van der Waals surface area contributed by atoms with Crippen LogP contribution in [-0.2, 0) is 14.3 Å². The molecular weight excluding hydrogens is 244 g/mol. The van der Waals surface area contributed by atoms with Gasteiger partial charge < -0.3 is 15.0 Å². The highest BCUT2D eigenvalue weighted by Gasteiger charge is 2.39. The molecule has 0 aromatic heterocycles. The van der Waals surface area contributed by atoms with Gasteiger partial charge in [0.05, 0.1) is 0 Å². The molecule has 1 heterocycles. The van der Waals surface area contributed by atoms with Gasteiger partial charge in [0.1, 0.15) is 12.1 Å².